The predicted molar refractivity (Wildman–Crippen MR) is 96.2 cm³/mol. The van der Waals surface area contributed by atoms with Crippen LogP contribution >= 0.6 is 11.6 Å². The summed E-state index contributed by atoms with van der Waals surface area (Å²) in [4.78, 5) is 14.8. The first-order valence-corrected chi connectivity index (χ1v) is 8.17. The highest BCUT2D eigenvalue weighted by Gasteiger charge is 2.31. The number of pyridine rings is 1. The summed E-state index contributed by atoms with van der Waals surface area (Å²) in [5.74, 6) is -0.0169. The van der Waals surface area contributed by atoms with Crippen molar-refractivity contribution in [1.29, 1.82) is 0 Å². The Morgan fingerprint density at radius 3 is 2.54 bits per heavy atom. The number of nitrogens with zero attached hydrogens (tertiary/aromatic N) is 2. The molecular weight excluding hydrogens is 401 g/mol. The number of hydrogen-bond acceptors (Lipinski definition) is 5. The molecule has 0 aliphatic rings. The van der Waals surface area contributed by atoms with E-state index in [1.165, 1.54) is 25.3 Å². The van der Waals surface area contributed by atoms with Gasteiger partial charge in [-0.15, -0.1) is 0 Å². The molecule has 0 aliphatic heterocycles. The van der Waals surface area contributed by atoms with E-state index in [0.717, 1.165) is 18.2 Å². The molecule has 0 bridgehead atoms. The van der Waals surface area contributed by atoms with Gasteiger partial charge < -0.3 is 9.47 Å². The Morgan fingerprint density at radius 2 is 1.93 bits per heavy atom. The van der Waals surface area contributed by atoms with Gasteiger partial charge in [-0.25, -0.2) is 4.98 Å². The summed E-state index contributed by atoms with van der Waals surface area (Å²) in [5, 5.41) is 11.5. The lowest BCUT2D eigenvalue weighted by atomic mass is 10.1. The van der Waals surface area contributed by atoms with Gasteiger partial charge in [-0.1, -0.05) is 17.7 Å². The fourth-order valence-corrected chi connectivity index (χ4v) is 2.92. The van der Waals surface area contributed by atoms with Gasteiger partial charge in [0.05, 0.1) is 28.0 Å². The number of aryl methyl sites for hydroxylation is 1. The van der Waals surface area contributed by atoms with E-state index in [1.54, 1.807) is 6.92 Å². The highest BCUT2D eigenvalue weighted by molar-refractivity contribution is 6.34. The second kappa shape index (κ2) is 7.16. The monoisotopic (exact) mass is 412 g/mol. The zero-order chi connectivity index (χ0) is 20.6. The molecular formula is C18H12ClF3N2O4. The molecule has 0 saturated heterocycles. The Balaban J connectivity index is 2.23. The molecule has 0 aliphatic carbocycles. The molecule has 0 atom stereocenters. The molecule has 10 heteroatoms. The number of hydrogen-bond donors (Lipinski definition) is 0. The van der Waals surface area contributed by atoms with E-state index in [-0.39, 0.29) is 39.0 Å². The number of rotatable bonds is 4. The SMILES string of the molecule is COc1cc(C)c2c(Oc3cccc(C(F)(F)F)c3)c(Cl)cc([N+](=O)[O-])c2n1. The first kappa shape index (κ1) is 19.7. The third kappa shape index (κ3) is 3.65. The highest BCUT2D eigenvalue weighted by atomic mass is 35.5. The average molecular weight is 413 g/mol. The number of aromatic nitrogens is 1. The number of fused-ring (bicyclic) bond motifs is 1. The number of nitro benzene ring substituents is 1. The summed E-state index contributed by atoms with van der Waals surface area (Å²) in [6, 6.07) is 6.79. The Bertz CT molecular complexity index is 1090. The summed E-state index contributed by atoms with van der Waals surface area (Å²) in [7, 11) is 1.36. The quantitative estimate of drug-likeness (QED) is 0.392. The third-order valence-corrected chi connectivity index (χ3v) is 4.21. The number of non-ortho nitro benzene ring substituents is 1. The molecule has 0 unspecified atom stereocenters. The molecule has 3 aromatic rings. The van der Waals surface area contributed by atoms with E-state index < -0.39 is 16.7 Å². The molecule has 6 nitrogen and oxygen atoms in total. The fraction of sp³-hybridized carbons (Fsp3) is 0.167. The van der Waals surface area contributed by atoms with Crippen molar-refractivity contribution in [2.75, 3.05) is 7.11 Å². The van der Waals surface area contributed by atoms with Gasteiger partial charge in [0.1, 0.15) is 5.75 Å². The molecule has 0 saturated carbocycles. The van der Waals surface area contributed by atoms with Crippen LogP contribution in [0.25, 0.3) is 10.9 Å². The minimum Gasteiger partial charge on any atom is -0.481 e. The van der Waals surface area contributed by atoms with Gasteiger partial charge in [0.25, 0.3) is 5.69 Å². The molecule has 28 heavy (non-hydrogen) atoms. The Kier molecular flexibility index (Phi) is 5.03. The van der Waals surface area contributed by atoms with Gasteiger partial charge in [0, 0.05) is 12.1 Å². The van der Waals surface area contributed by atoms with Crippen molar-refractivity contribution >= 4 is 28.2 Å². The number of halogens is 4. The first-order chi connectivity index (χ1) is 13.1. The van der Waals surface area contributed by atoms with Crippen molar-refractivity contribution in [3.8, 4) is 17.4 Å². The van der Waals surface area contributed by atoms with Crippen LogP contribution < -0.4 is 9.47 Å². The van der Waals surface area contributed by atoms with E-state index in [0.29, 0.717) is 5.56 Å². The van der Waals surface area contributed by atoms with Crippen LogP contribution in [-0.2, 0) is 6.18 Å². The largest absolute Gasteiger partial charge is 0.481 e. The molecule has 146 valence electrons. The second-order valence-corrected chi connectivity index (χ2v) is 6.20. The number of nitro groups is 1. The molecule has 0 radical (unpaired) electrons. The summed E-state index contributed by atoms with van der Waals surface area (Å²) in [6.07, 6.45) is -4.55. The maximum Gasteiger partial charge on any atom is 0.416 e. The summed E-state index contributed by atoms with van der Waals surface area (Å²) in [5.41, 5.74) is -0.829. The minimum atomic E-state index is -4.55. The fourth-order valence-electron chi connectivity index (χ4n) is 2.69. The Labute approximate surface area is 161 Å². The van der Waals surface area contributed by atoms with Crippen molar-refractivity contribution in [2.24, 2.45) is 0 Å². The van der Waals surface area contributed by atoms with Gasteiger partial charge in [0.15, 0.2) is 11.3 Å². The van der Waals surface area contributed by atoms with Crippen molar-refractivity contribution < 1.29 is 27.6 Å². The van der Waals surface area contributed by atoms with Gasteiger partial charge in [-0.05, 0) is 30.7 Å². The van der Waals surface area contributed by atoms with Crippen LogP contribution in [0.15, 0.2) is 36.4 Å². The maximum atomic E-state index is 12.9. The zero-order valence-electron chi connectivity index (χ0n) is 14.5. The summed E-state index contributed by atoms with van der Waals surface area (Å²) >= 11 is 6.17. The van der Waals surface area contributed by atoms with Crippen molar-refractivity contribution in [1.82, 2.24) is 4.98 Å². The summed E-state index contributed by atoms with van der Waals surface area (Å²) < 4.78 is 49.5. The maximum absolute atomic E-state index is 12.9. The second-order valence-electron chi connectivity index (χ2n) is 5.80. The first-order valence-electron chi connectivity index (χ1n) is 7.79. The number of alkyl halides is 3. The normalized spacial score (nSPS) is 11.5. The van der Waals surface area contributed by atoms with Gasteiger partial charge in [-0.2, -0.15) is 13.2 Å². The number of benzene rings is 2. The van der Waals surface area contributed by atoms with Crippen LogP contribution in [0.2, 0.25) is 5.02 Å². The van der Waals surface area contributed by atoms with E-state index in [4.69, 9.17) is 21.1 Å². The molecule has 2 aromatic carbocycles. The van der Waals surface area contributed by atoms with Crippen LogP contribution in [0.5, 0.6) is 17.4 Å². The molecule has 0 N–H and O–H groups in total. The van der Waals surface area contributed by atoms with Crippen molar-refractivity contribution in [3.63, 3.8) is 0 Å². The lowest BCUT2D eigenvalue weighted by Crippen LogP contribution is -2.04. The zero-order valence-corrected chi connectivity index (χ0v) is 15.3. The van der Waals surface area contributed by atoms with E-state index in [1.807, 2.05) is 0 Å². The molecule has 0 fully saturated rings. The van der Waals surface area contributed by atoms with E-state index in [9.17, 15) is 23.3 Å². The van der Waals surface area contributed by atoms with Crippen LogP contribution in [0, 0.1) is 17.0 Å². The predicted octanol–water partition coefficient (Wildman–Crippen LogP) is 5.92. The highest BCUT2D eigenvalue weighted by Crippen LogP contribution is 2.43. The smallest absolute Gasteiger partial charge is 0.416 e. The molecule has 1 aromatic heterocycles. The number of ether oxygens (including phenoxy) is 2. The van der Waals surface area contributed by atoms with Crippen molar-refractivity contribution in [2.45, 2.75) is 13.1 Å². The van der Waals surface area contributed by atoms with Crippen LogP contribution in [0.4, 0.5) is 18.9 Å². The third-order valence-electron chi connectivity index (χ3n) is 3.93. The average Bonchev–Trinajstić information content (AvgIpc) is 2.62. The van der Waals surface area contributed by atoms with E-state index in [2.05, 4.69) is 4.98 Å². The lowest BCUT2D eigenvalue weighted by Gasteiger charge is -2.15. The van der Waals surface area contributed by atoms with Crippen LogP contribution in [-0.4, -0.2) is 17.0 Å². The van der Waals surface area contributed by atoms with Crippen LogP contribution in [0.3, 0.4) is 0 Å². The standard InChI is InChI=1S/C18H12ClF3N2O4/c1-9-6-14(27-2)23-16-13(24(25)26)8-12(19)17(15(9)16)28-11-5-3-4-10(7-11)18(20,21)22/h3-8H,1-2H3. The lowest BCUT2D eigenvalue weighted by molar-refractivity contribution is -0.383. The molecule has 1 heterocycles. The van der Waals surface area contributed by atoms with Gasteiger partial charge in [-0.3, -0.25) is 10.1 Å². The Morgan fingerprint density at radius 1 is 1.21 bits per heavy atom. The summed E-state index contributed by atoms with van der Waals surface area (Å²) in [6.45, 7) is 1.63. The molecule has 3 rings (SSSR count). The molecule has 0 spiro atoms. The Hall–Kier alpha value is -3.07. The van der Waals surface area contributed by atoms with Crippen LogP contribution in [0.1, 0.15) is 11.1 Å². The van der Waals surface area contributed by atoms with Gasteiger partial charge >= 0.3 is 6.18 Å². The topological polar surface area (TPSA) is 74.5 Å². The van der Waals surface area contributed by atoms with E-state index >= 15 is 0 Å². The minimum absolute atomic E-state index is 0.0331. The van der Waals surface area contributed by atoms with Gasteiger partial charge in [0.2, 0.25) is 5.88 Å². The van der Waals surface area contributed by atoms with Crippen molar-refractivity contribution in [3.05, 3.63) is 62.7 Å². The molecule has 0 amide bonds. The number of methoxy groups -OCH3 is 1.